The average Bonchev–Trinajstić information content (AvgIpc) is 2.99. The van der Waals surface area contributed by atoms with Crippen LogP contribution in [0, 0.1) is 0 Å². The van der Waals surface area contributed by atoms with Gasteiger partial charge in [0.05, 0.1) is 12.8 Å². The fourth-order valence-corrected chi connectivity index (χ4v) is 2.23. The molecule has 1 aromatic carbocycles. The van der Waals surface area contributed by atoms with Crippen LogP contribution in [-0.2, 0) is 6.54 Å². The lowest BCUT2D eigenvalue weighted by Crippen LogP contribution is -2.35. The molecule has 21 heavy (non-hydrogen) atoms. The molecule has 0 saturated heterocycles. The number of hydrogen-bond acceptors (Lipinski definition) is 4. The number of para-hydroxylation sites is 1. The minimum absolute atomic E-state index is 0.294. The van der Waals surface area contributed by atoms with Gasteiger partial charge in [-0.2, -0.15) is 0 Å². The molecule has 1 heterocycles. The molecule has 0 aliphatic heterocycles. The van der Waals surface area contributed by atoms with Crippen molar-refractivity contribution < 1.29 is 14.3 Å². The number of nitrogens with zero attached hydrogens (tertiary/aromatic N) is 1. The Bertz CT molecular complexity index is 484. The second-order valence-electron chi connectivity index (χ2n) is 5.09. The minimum atomic E-state index is -0.522. The predicted octanol–water partition coefficient (Wildman–Crippen LogP) is 2.93. The van der Waals surface area contributed by atoms with Crippen LogP contribution in [0.5, 0.6) is 5.75 Å². The van der Waals surface area contributed by atoms with Crippen LogP contribution in [-0.4, -0.2) is 35.8 Å². The van der Waals surface area contributed by atoms with Gasteiger partial charge in [-0.3, -0.25) is 4.90 Å². The van der Waals surface area contributed by atoms with E-state index in [-0.39, 0.29) is 0 Å². The number of furan rings is 1. The summed E-state index contributed by atoms with van der Waals surface area (Å²) in [6.45, 7) is 4.62. The molecule has 0 spiro atoms. The van der Waals surface area contributed by atoms with Crippen LogP contribution in [0.1, 0.15) is 19.1 Å². The van der Waals surface area contributed by atoms with Crippen molar-refractivity contribution in [3.05, 3.63) is 54.5 Å². The molecule has 4 heteroatoms. The van der Waals surface area contributed by atoms with Crippen LogP contribution in [0.4, 0.5) is 0 Å². The summed E-state index contributed by atoms with van der Waals surface area (Å²) >= 11 is 0. The highest BCUT2D eigenvalue weighted by Gasteiger charge is 2.13. The third-order valence-electron chi connectivity index (χ3n) is 3.15. The van der Waals surface area contributed by atoms with E-state index in [4.69, 9.17) is 9.15 Å². The van der Waals surface area contributed by atoms with Crippen molar-refractivity contribution in [3.8, 4) is 5.75 Å². The lowest BCUT2D eigenvalue weighted by Gasteiger charge is -2.23. The summed E-state index contributed by atoms with van der Waals surface area (Å²) < 4.78 is 10.9. The van der Waals surface area contributed by atoms with Gasteiger partial charge in [-0.25, -0.2) is 0 Å². The topological polar surface area (TPSA) is 45.8 Å². The van der Waals surface area contributed by atoms with Crippen molar-refractivity contribution in [2.45, 2.75) is 26.0 Å². The first-order valence-corrected chi connectivity index (χ1v) is 7.38. The van der Waals surface area contributed by atoms with Crippen LogP contribution in [0.2, 0.25) is 0 Å². The van der Waals surface area contributed by atoms with Gasteiger partial charge in [0.25, 0.3) is 0 Å². The molecule has 4 nitrogen and oxygen atoms in total. The number of benzene rings is 1. The zero-order chi connectivity index (χ0) is 14.9. The zero-order valence-corrected chi connectivity index (χ0v) is 12.4. The maximum Gasteiger partial charge on any atom is 0.119 e. The van der Waals surface area contributed by atoms with Gasteiger partial charge in [-0.1, -0.05) is 25.1 Å². The predicted molar refractivity (Wildman–Crippen MR) is 82.2 cm³/mol. The fourth-order valence-electron chi connectivity index (χ4n) is 2.23. The van der Waals surface area contributed by atoms with Crippen LogP contribution in [0.25, 0.3) is 0 Å². The number of aliphatic hydroxyl groups excluding tert-OH is 1. The Kier molecular flexibility index (Phi) is 6.31. The Labute approximate surface area is 126 Å². The minimum Gasteiger partial charge on any atom is -0.491 e. The molecule has 0 unspecified atom stereocenters. The van der Waals surface area contributed by atoms with Crippen molar-refractivity contribution in [3.63, 3.8) is 0 Å². The van der Waals surface area contributed by atoms with Gasteiger partial charge in [0.15, 0.2) is 0 Å². The molecule has 114 valence electrons. The van der Waals surface area contributed by atoms with E-state index in [0.717, 1.165) is 24.5 Å². The standard InChI is InChI=1S/C17H23NO3/c1-2-10-18(13-17-9-6-11-20-17)12-15(19)14-21-16-7-4-3-5-8-16/h3-9,11,15,19H,2,10,12-14H2,1H3/t15-/m0/s1. The summed E-state index contributed by atoms with van der Waals surface area (Å²) in [5.74, 6) is 1.70. The van der Waals surface area contributed by atoms with E-state index in [0.29, 0.717) is 19.7 Å². The normalized spacial score (nSPS) is 12.5. The molecule has 0 amide bonds. The van der Waals surface area contributed by atoms with E-state index in [1.54, 1.807) is 6.26 Å². The maximum absolute atomic E-state index is 10.1. The lowest BCUT2D eigenvalue weighted by molar-refractivity contribution is 0.0633. The van der Waals surface area contributed by atoms with Crippen molar-refractivity contribution >= 4 is 0 Å². The molecule has 0 aliphatic rings. The molecule has 0 radical (unpaired) electrons. The summed E-state index contributed by atoms with van der Waals surface area (Å²) in [5.41, 5.74) is 0. The average molecular weight is 289 g/mol. The molecule has 0 aliphatic carbocycles. The zero-order valence-electron chi connectivity index (χ0n) is 12.4. The van der Waals surface area contributed by atoms with E-state index in [1.807, 2.05) is 42.5 Å². The van der Waals surface area contributed by atoms with Crippen molar-refractivity contribution in [1.82, 2.24) is 4.90 Å². The first-order chi connectivity index (χ1) is 10.3. The first-order valence-electron chi connectivity index (χ1n) is 7.38. The smallest absolute Gasteiger partial charge is 0.119 e. The second kappa shape index (κ2) is 8.49. The largest absolute Gasteiger partial charge is 0.491 e. The van der Waals surface area contributed by atoms with E-state index in [2.05, 4.69) is 11.8 Å². The monoisotopic (exact) mass is 289 g/mol. The van der Waals surface area contributed by atoms with Crippen LogP contribution in [0.15, 0.2) is 53.1 Å². The van der Waals surface area contributed by atoms with Gasteiger partial charge in [-0.15, -0.1) is 0 Å². The summed E-state index contributed by atoms with van der Waals surface area (Å²) in [6.07, 6.45) is 2.19. The summed E-state index contributed by atoms with van der Waals surface area (Å²) in [4.78, 5) is 2.18. The van der Waals surface area contributed by atoms with Gasteiger partial charge in [0, 0.05) is 6.54 Å². The maximum atomic E-state index is 10.1. The molecule has 0 saturated carbocycles. The van der Waals surface area contributed by atoms with Crippen molar-refractivity contribution in [1.29, 1.82) is 0 Å². The molecule has 0 fully saturated rings. The van der Waals surface area contributed by atoms with E-state index < -0.39 is 6.10 Å². The third kappa shape index (κ3) is 5.61. The molecular formula is C17H23NO3. The van der Waals surface area contributed by atoms with Crippen molar-refractivity contribution in [2.24, 2.45) is 0 Å². The number of ether oxygens (including phenoxy) is 1. The lowest BCUT2D eigenvalue weighted by atomic mass is 10.3. The quantitative estimate of drug-likeness (QED) is 0.771. The van der Waals surface area contributed by atoms with Gasteiger partial charge in [0.2, 0.25) is 0 Å². The van der Waals surface area contributed by atoms with Crippen molar-refractivity contribution in [2.75, 3.05) is 19.7 Å². The van der Waals surface area contributed by atoms with Crippen LogP contribution >= 0.6 is 0 Å². The summed E-state index contributed by atoms with van der Waals surface area (Å²) in [6, 6.07) is 13.4. The number of aliphatic hydroxyl groups is 1. The summed E-state index contributed by atoms with van der Waals surface area (Å²) in [7, 11) is 0. The molecule has 2 rings (SSSR count). The highest BCUT2D eigenvalue weighted by Crippen LogP contribution is 2.10. The van der Waals surface area contributed by atoms with Gasteiger partial charge in [0.1, 0.15) is 24.2 Å². The molecular weight excluding hydrogens is 266 g/mol. The van der Waals surface area contributed by atoms with Crippen LogP contribution in [0.3, 0.4) is 0 Å². The van der Waals surface area contributed by atoms with Crippen LogP contribution < -0.4 is 4.74 Å². The van der Waals surface area contributed by atoms with E-state index >= 15 is 0 Å². The highest BCUT2D eigenvalue weighted by atomic mass is 16.5. The Morgan fingerprint density at radius 3 is 2.67 bits per heavy atom. The SMILES string of the molecule is CCCN(Cc1ccco1)C[C@H](O)COc1ccccc1. The van der Waals surface area contributed by atoms with E-state index in [9.17, 15) is 5.11 Å². The summed E-state index contributed by atoms with van der Waals surface area (Å²) in [5, 5.41) is 10.1. The first kappa shape index (κ1) is 15.6. The molecule has 2 aromatic rings. The Morgan fingerprint density at radius 1 is 1.19 bits per heavy atom. The molecule has 0 bridgehead atoms. The second-order valence-corrected chi connectivity index (χ2v) is 5.09. The Hall–Kier alpha value is -1.78. The third-order valence-corrected chi connectivity index (χ3v) is 3.15. The number of hydrogen-bond donors (Lipinski definition) is 1. The van der Waals surface area contributed by atoms with Gasteiger partial charge < -0.3 is 14.3 Å². The fraction of sp³-hybridized carbons (Fsp3) is 0.412. The molecule has 1 aromatic heterocycles. The van der Waals surface area contributed by atoms with Gasteiger partial charge in [-0.05, 0) is 37.2 Å². The van der Waals surface area contributed by atoms with E-state index in [1.165, 1.54) is 0 Å². The molecule has 1 atom stereocenters. The highest BCUT2D eigenvalue weighted by molar-refractivity contribution is 5.20. The Balaban J connectivity index is 1.79. The van der Waals surface area contributed by atoms with Gasteiger partial charge >= 0.3 is 0 Å². The molecule has 1 N–H and O–H groups in total. The number of rotatable bonds is 9. The Morgan fingerprint density at radius 2 is 2.00 bits per heavy atom.